The molecule has 1 aliphatic carbocycles. The first kappa shape index (κ1) is 13.0. The summed E-state index contributed by atoms with van der Waals surface area (Å²) in [6.07, 6.45) is 7.52. The highest BCUT2D eigenvalue weighted by Gasteiger charge is 2.37. The van der Waals surface area contributed by atoms with Crippen molar-refractivity contribution in [3.63, 3.8) is 0 Å². The van der Waals surface area contributed by atoms with E-state index in [9.17, 15) is 5.11 Å². The Morgan fingerprint density at radius 3 is 2.13 bits per heavy atom. The molecule has 15 heavy (non-hydrogen) atoms. The summed E-state index contributed by atoms with van der Waals surface area (Å²) < 4.78 is 0. The molecule has 1 rings (SSSR count). The summed E-state index contributed by atoms with van der Waals surface area (Å²) in [5.74, 6) is 1.89. The van der Waals surface area contributed by atoms with E-state index in [1.165, 1.54) is 32.1 Å². The third-order valence-corrected chi connectivity index (χ3v) is 4.86. The smallest absolute Gasteiger partial charge is 0.0673 e. The monoisotopic (exact) mass is 212 g/mol. The number of hydrogen-bond donors (Lipinski definition) is 1. The first-order valence-electron chi connectivity index (χ1n) is 6.74. The molecular weight excluding hydrogens is 184 g/mol. The molecule has 1 nitrogen and oxygen atoms in total. The van der Waals surface area contributed by atoms with E-state index in [-0.39, 0.29) is 0 Å². The van der Waals surface area contributed by atoms with Gasteiger partial charge in [0.15, 0.2) is 0 Å². The fourth-order valence-corrected chi connectivity index (χ4v) is 2.97. The van der Waals surface area contributed by atoms with Crippen molar-refractivity contribution in [3.8, 4) is 0 Å². The maximum absolute atomic E-state index is 10.6. The zero-order valence-corrected chi connectivity index (χ0v) is 10.9. The molecule has 1 aliphatic rings. The van der Waals surface area contributed by atoms with Crippen molar-refractivity contribution in [2.24, 2.45) is 17.8 Å². The lowest BCUT2D eigenvalue weighted by Gasteiger charge is -2.41. The highest BCUT2D eigenvalue weighted by molar-refractivity contribution is 4.89. The molecule has 1 N–H and O–H groups in total. The molecule has 0 radical (unpaired) electrons. The summed E-state index contributed by atoms with van der Waals surface area (Å²) >= 11 is 0. The van der Waals surface area contributed by atoms with Crippen LogP contribution in [0.2, 0.25) is 0 Å². The minimum atomic E-state index is -0.437. The second-order valence-electron chi connectivity index (χ2n) is 5.66. The molecule has 90 valence electrons. The van der Waals surface area contributed by atoms with Crippen molar-refractivity contribution in [3.05, 3.63) is 0 Å². The van der Waals surface area contributed by atoms with E-state index < -0.39 is 5.60 Å². The van der Waals surface area contributed by atoms with Gasteiger partial charge in [0.05, 0.1) is 5.60 Å². The van der Waals surface area contributed by atoms with Gasteiger partial charge >= 0.3 is 0 Å². The molecule has 0 aromatic heterocycles. The van der Waals surface area contributed by atoms with Crippen LogP contribution in [0.3, 0.4) is 0 Å². The third-order valence-electron chi connectivity index (χ3n) is 4.86. The molecule has 0 aromatic rings. The Morgan fingerprint density at radius 2 is 1.73 bits per heavy atom. The molecule has 0 bridgehead atoms. The highest BCUT2D eigenvalue weighted by Crippen LogP contribution is 2.40. The van der Waals surface area contributed by atoms with Gasteiger partial charge in [-0.15, -0.1) is 0 Å². The largest absolute Gasteiger partial charge is 0.390 e. The van der Waals surface area contributed by atoms with Crippen LogP contribution in [0.15, 0.2) is 0 Å². The molecule has 1 saturated carbocycles. The van der Waals surface area contributed by atoms with Crippen molar-refractivity contribution >= 4 is 0 Å². The second kappa shape index (κ2) is 5.34. The number of aliphatic hydroxyl groups is 1. The van der Waals surface area contributed by atoms with Crippen molar-refractivity contribution in [2.45, 2.75) is 71.8 Å². The Bertz CT molecular complexity index is 178. The fourth-order valence-electron chi connectivity index (χ4n) is 2.97. The summed E-state index contributed by atoms with van der Waals surface area (Å²) in [5, 5.41) is 10.6. The van der Waals surface area contributed by atoms with Crippen LogP contribution >= 0.6 is 0 Å². The summed E-state index contributed by atoms with van der Waals surface area (Å²) in [6.45, 7) is 8.71. The van der Waals surface area contributed by atoms with Crippen LogP contribution in [-0.2, 0) is 0 Å². The zero-order chi connectivity index (χ0) is 11.5. The van der Waals surface area contributed by atoms with Crippen molar-refractivity contribution in [1.29, 1.82) is 0 Å². The summed E-state index contributed by atoms with van der Waals surface area (Å²) in [6, 6.07) is 0. The number of hydrogen-bond acceptors (Lipinski definition) is 1. The van der Waals surface area contributed by atoms with E-state index in [1.54, 1.807) is 0 Å². The van der Waals surface area contributed by atoms with E-state index in [4.69, 9.17) is 0 Å². The lowest BCUT2D eigenvalue weighted by Crippen LogP contribution is -2.42. The van der Waals surface area contributed by atoms with Gasteiger partial charge in [0.2, 0.25) is 0 Å². The van der Waals surface area contributed by atoms with Gasteiger partial charge < -0.3 is 5.11 Å². The topological polar surface area (TPSA) is 20.2 Å². The van der Waals surface area contributed by atoms with Gasteiger partial charge in [-0.25, -0.2) is 0 Å². The lowest BCUT2D eigenvalue weighted by atomic mass is 9.69. The standard InChI is InChI=1S/C14H28O/c1-5-11(3)14(4,15)13-9-7-12(6-2)8-10-13/h11-13,15H,5-10H2,1-4H3. The van der Waals surface area contributed by atoms with Gasteiger partial charge in [-0.2, -0.15) is 0 Å². The quantitative estimate of drug-likeness (QED) is 0.747. The second-order valence-corrected chi connectivity index (χ2v) is 5.66. The van der Waals surface area contributed by atoms with Crippen molar-refractivity contribution < 1.29 is 5.11 Å². The van der Waals surface area contributed by atoms with E-state index in [2.05, 4.69) is 27.7 Å². The summed E-state index contributed by atoms with van der Waals surface area (Å²) in [4.78, 5) is 0. The van der Waals surface area contributed by atoms with Gasteiger partial charge in [0.25, 0.3) is 0 Å². The lowest BCUT2D eigenvalue weighted by molar-refractivity contribution is -0.0655. The molecule has 0 spiro atoms. The average Bonchev–Trinajstić information content (AvgIpc) is 2.28. The van der Waals surface area contributed by atoms with Crippen LogP contribution in [0.25, 0.3) is 0 Å². The van der Waals surface area contributed by atoms with E-state index in [1.807, 2.05) is 0 Å². The third kappa shape index (κ3) is 2.96. The SMILES string of the molecule is CCC1CCC(C(C)(O)C(C)CC)CC1. The summed E-state index contributed by atoms with van der Waals surface area (Å²) in [5.41, 5.74) is -0.437. The van der Waals surface area contributed by atoms with Crippen molar-refractivity contribution in [2.75, 3.05) is 0 Å². The Labute approximate surface area is 95.3 Å². The molecule has 0 amide bonds. The van der Waals surface area contributed by atoms with Crippen LogP contribution in [0.1, 0.15) is 66.2 Å². The first-order chi connectivity index (χ1) is 7.02. The van der Waals surface area contributed by atoms with Crippen molar-refractivity contribution in [1.82, 2.24) is 0 Å². The number of rotatable bonds is 4. The zero-order valence-electron chi connectivity index (χ0n) is 10.9. The van der Waals surface area contributed by atoms with E-state index in [0.717, 1.165) is 12.3 Å². The Balaban J connectivity index is 2.51. The Kier molecular flexibility index (Phi) is 4.64. The normalized spacial score (nSPS) is 33.4. The fraction of sp³-hybridized carbons (Fsp3) is 1.00. The molecule has 2 unspecified atom stereocenters. The molecule has 0 saturated heterocycles. The molecule has 2 atom stereocenters. The van der Waals surface area contributed by atoms with Crippen LogP contribution in [0.5, 0.6) is 0 Å². The predicted molar refractivity (Wildman–Crippen MR) is 65.8 cm³/mol. The van der Waals surface area contributed by atoms with Gasteiger partial charge in [0, 0.05) is 0 Å². The van der Waals surface area contributed by atoms with Crippen LogP contribution in [0, 0.1) is 17.8 Å². The molecule has 1 heteroatoms. The Hall–Kier alpha value is -0.0400. The first-order valence-corrected chi connectivity index (χ1v) is 6.74. The van der Waals surface area contributed by atoms with Crippen LogP contribution in [0.4, 0.5) is 0 Å². The molecule has 1 fully saturated rings. The van der Waals surface area contributed by atoms with Gasteiger partial charge in [-0.3, -0.25) is 0 Å². The Morgan fingerprint density at radius 1 is 1.20 bits per heavy atom. The van der Waals surface area contributed by atoms with Crippen LogP contribution in [-0.4, -0.2) is 10.7 Å². The minimum Gasteiger partial charge on any atom is -0.390 e. The maximum Gasteiger partial charge on any atom is 0.0673 e. The predicted octanol–water partition coefficient (Wildman–Crippen LogP) is 4.00. The summed E-state index contributed by atoms with van der Waals surface area (Å²) in [7, 11) is 0. The van der Waals surface area contributed by atoms with Gasteiger partial charge in [-0.05, 0) is 37.5 Å². The molecular formula is C14H28O. The highest BCUT2D eigenvalue weighted by atomic mass is 16.3. The van der Waals surface area contributed by atoms with Gasteiger partial charge in [-0.1, -0.05) is 46.5 Å². The average molecular weight is 212 g/mol. The molecule has 0 heterocycles. The minimum absolute atomic E-state index is 0.431. The molecule has 0 aliphatic heterocycles. The maximum atomic E-state index is 10.6. The molecule has 0 aromatic carbocycles. The van der Waals surface area contributed by atoms with Crippen LogP contribution < -0.4 is 0 Å². The van der Waals surface area contributed by atoms with Gasteiger partial charge in [0.1, 0.15) is 0 Å². The van der Waals surface area contributed by atoms with E-state index in [0.29, 0.717) is 11.8 Å². The van der Waals surface area contributed by atoms with E-state index >= 15 is 0 Å².